The molecular formula is C15H18N2O2. The molecular weight excluding hydrogens is 240 g/mol. The molecule has 0 bridgehead atoms. The SMILES string of the molecule is CN(C)CC(=O)N1C[C@@H]2CCC(=O)c3cccc1c32. The fraction of sp³-hybridized carbons (Fsp3) is 0.467. The molecule has 1 aromatic carbocycles. The van der Waals surface area contributed by atoms with Crippen LogP contribution < -0.4 is 4.90 Å². The number of likely N-dealkylation sites (N-methyl/N-ethyl adjacent to an activating group) is 1. The molecule has 0 radical (unpaired) electrons. The van der Waals surface area contributed by atoms with Crippen molar-refractivity contribution in [1.82, 2.24) is 4.90 Å². The van der Waals surface area contributed by atoms with Crippen LogP contribution in [0, 0.1) is 0 Å². The molecule has 0 aromatic heterocycles. The molecule has 0 N–H and O–H groups in total. The molecule has 1 aliphatic heterocycles. The zero-order valence-corrected chi connectivity index (χ0v) is 11.3. The maximum atomic E-state index is 12.3. The Morgan fingerprint density at radius 3 is 2.95 bits per heavy atom. The second-order valence-corrected chi connectivity index (χ2v) is 5.64. The predicted molar refractivity (Wildman–Crippen MR) is 73.7 cm³/mol. The Morgan fingerprint density at radius 2 is 2.21 bits per heavy atom. The zero-order valence-electron chi connectivity index (χ0n) is 11.3. The summed E-state index contributed by atoms with van der Waals surface area (Å²) in [7, 11) is 3.79. The van der Waals surface area contributed by atoms with Gasteiger partial charge in [-0.3, -0.25) is 9.59 Å². The van der Waals surface area contributed by atoms with Crippen LogP contribution in [-0.2, 0) is 4.79 Å². The number of hydrogen-bond acceptors (Lipinski definition) is 3. The van der Waals surface area contributed by atoms with Crippen molar-refractivity contribution >= 4 is 17.4 Å². The second kappa shape index (κ2) is 4.46. The monoisotopic (exact) mass is 258 g/mol. The molecule has 0 fully saturated rings. The molecule has 0 saturated heterocycles. The molecule has 2 aliphatic rings. The number of nitrogens with zero attached hydrogens (tertiary/aromatic N) is 2. The van der Waals surface area contributed by atoms with E-state index in [1.54, 1.807) is 0 Å². The van der Waals surface area contributed by atoms with Crippen LogP contribution in [0.4, 0.5) is 5.69 Å². The fourth-order valence-electron chi connectivity index (χ4n) is 3.14. The number of amides is 1. The van der Waals surface area contributed by atoms with Crippen molar-refractivity contribution < 1.29 is 9.59 Å². The molecule has 1 heterocycles. The van der Waals surface area contributed by atoms with E-state index < -0.39 is 0 Å². The molecule has 1 aliphatic carbocycles. The molecule has 3 rings (SSSR count). The number of carbonyl (C=O) groups excluding carboxylic acids is 2. The van der Waals surface area contributed by atoms with E-state index in [0.717, 1.165) is 29.8 Å². The summed E-state index contributed by atoms with van der Waals surface area (Å²) in [6.45, 7) is 1.14. The molecule has 1 aromatic rings. The second-order valence-electron chi connectivity index (χ2n) is 5.64. The van der Waals surface area contributed by atoms with Crippen LogP contribution in [0.5, 0.6) is 0 Å². The smallest absolute Gasteiger partial charge is 0.241 e. The van der Waals surface area contributed by atoms with Gasteiger partial charge in [0.1, 0.15) is 0 Å². The van der Waals surface area contributed by atoms with Crippen molar-refractivity contribution in [3.05, 3.63) is 29.3 Å². The van der Waals surface area contributed by atoms with Gasteiger partial charge in [0, 0.05) is 30.1 Å². The van der Waals surface area contributed by atoms with Gasteiger partial charge < -0.3 is 9.80 Å². The van der Waals surface area contributed by atoms with Gasteiger partial charge in [-0.25, -0.2) is 0 Å². The quantitative estimate of drug-likeness (QED) is 0.810. The number of hydrogen-bond donors (Lipinski definition) is 0. The summed E-state index contributed by atoms with van der Waals surface area (Å²) in [6.07, 6.45) is 1.48. The summed E-state index contributed by atoms with van der Waals surface area (Å²) < 4.78 is 0. The van der Waals surface area contributed by atoms with E-state index in [4.69, 9.17) is 0 Å². The van der Waals surface area contributed by atoms with Crippen LogP contribution in [0.15, 0.2) is 18.2 Å². The van der Waals surface area contributed by atoms with Crippen LogP contribution in [0.2, 0.25) is 0 Å². The number of Topliss-reactive ketones (excluding diaryl/α,β-unsaturated/α-hetero) is 1. The van der Waals surface area contributed by atoms with Crippen molar-refractivity contribution in [3.8, 4) is 0 Å². The minimum Gasteiger partial charge on any atom is -0.310 e. The minimum atomic E-state index is 0.111. The number of benzene rings is 1. The van der Waals surface area contributed by atoms with Crippen molar-refractivity contribution in [2.75, 3.05) is 32.1 Å². The molecule has 0 unspecified atom stereocenters. The summed E-state index contributed by atoms with van der Waals surface area (Å²) in [5.41, 5.74) is 2.88. The van der Waals surface area contributed by atoms with Gasteiger partial charge >= 0.3 is 0 Å². The van der Waals surface area contributed by atoms with E-state index in [0.29, 0.717) is 18.9 Å². The Morgan fingerprint density at radius 1 is 1.42 bits per heavy atom. The zero-order chi connectivity index (χ0) is 13.6. The summed E-state index contributed by atoms with van der Waals surface area (Å²) in [5.74, 6) is 0.672. The van der Waals surface area contributed by atoms with Crippen LogP contribution in [0.3, 0.4) is 0 Å². The lowest BCUT2D eigenvalue weighted by Crippen LogP contribution is -2.37. The summed E-state index contributed by atoms with van der Waals surface area (Å²) >= 11 is 0. The molecule has 0 spiro atoms. The highest BCUT2D eigenvalue weighted by Gasteiger charge is 2.37. The van der Waals surface area contributed by atoms with Gasteiger partial charge in [0.05, 0.1) is 6.54 Å². The highest BCUT2D eigenvalue weighted by atomic mass is 16.2. The maximum absolute atomic E-state index is 12.3. The number of carbonyl (C=O) groups is 2. The lowest BCUT2D eigenvalue weighted by atomic mass is 9.83. The Labute approximate surface area is 113 Å². The largest absolute Gasteiger partial charge is 0.310 e. The molecule has 4 heteroatoms. The van der Waals surface area contributed by atoms with Gasteiger partial charge in [-0.15, -0.1) is 0 Å². The Bertz CT molecular complexity index is 551. The van der Waals surface area contributed by atoms with Crippen LogP contribution in [0.25, 0.3) is 0 Å². The molecule has 1 amide bonds. The van der Waals surface area contributed by atoms with Gasteiger partial charge in [0.15, 0.2) is 5.78 Å². The third kappa shape index (κ3) is 1.96. The van der Waals surface area contributed by atoms with E-state index in [1.165, 1.54) is 0 Å². The summed E-state index contributed by atoms with van der Waals surface area (Å²) in [5, 5.41) is 0. The highest BCUT2D eigenvalue weighted by molar-refractivity contribution is 6.04. The standard InChI is InChI=1S/C15H18N2O2/c1-16(2)9-14(19)17-8-10-6-7-13(18)11-4-3-5-12(17)15(10)11/h3-5,10H,6-9H2,1-2H3/t10-/m0/s1. The van der Waals surface area contributed by atoms with Crippen molar-refractivity contribution in [2.45, 2.75) is 18.8 Å². The van der Waals surface area contributed by atoms with E-state index in [9.17, 15) is 9.59 Å². The molecule has 19 heavy (non-hydrogen) atoms. The summed E-state index contributed by atoms with van der Waals surface area (Å²) in [6, 6.07) is 5.74. The molecule has 4 nitrogen and oxygen atoms in total. The summed E-state index contributed by atoms with van der Waals surface area (Å²) in [4.78, 5) is 28.0. The first kappa shape index (κ1) is 12.4. The van der Waals surface area contributed by atoms with E-state index in [-0.39, 0.29) is 11.7 Å². The Balaban J connectivity index is 1.99. The van der Waals surface area contributed by atoms with Gasteiger partial charge in [-0.05, 0) is 32.1 Å². The average Bonchev–Trinajstić information content (AvgIpc) is 2.74. The fourth-order valence-corrected chi connectivity index (χ4v) is 3.14. The topological polar surface area (TPSA) is 40.6 Å². The van der Waals surface area contributed by atoms with Crippen molar-refractivity contribution in [1.29, 1.82) is 0 Å². The maximum Gasteiger partial charge on any atom is 0.241 e. The lowest BCUT2D eigenvalue weighted by molar-refractivity contribution is -0.119. The van der Waals surface area contributed by atoms with Crippen LogP contribution in [0.1, 0.15) is 34.7 Å². The lowest BCUT2D eigenvalue weighted by Gasteiger charge is -2.20. The Kier molecular flexibility index (Phi) is 2.90. The minimum absolute atomic E-state index is 0.111. The van der Waals surface area contributed by atoms with Crippen molar-refractivity contribution in [3.63, 3.8) is 0 Å². The molecule has 1 atom stereocenters. The van der Waals surface area contributed by atoms with Crippen LogP contribution >= 0.6 is 0 Å². The van der Waals surface area contributed by atoms with Crippen molar-refractivity contribution in [2.24, 2.45) is 0 Å². The molecule has 100 valence electrons. The van der Waals surface area contributed by atoms with E-state index in [2.05, 4.69) is 0 Å². The highest BCUT2D eigenvalue weighted by Crippen LogP contribution is 2.44. The van der Waals surface area contributed by atoms with Gasteiger partial charge in [-0.2, -0.15) is 0 Å². The number of anilines is 1. The third-order valence-corrected chi connectivity index (χ3v) is 3.96. The van der Waals surface area contributed by atoms with E-state index in [1.807, 2.05) is 42.1 Å². The average molecular weight is 258 g/mol. The van der Waals surface area contributed by atoms with Crippen LogP contribution in [-0.4, -0.2) is 43.8 Å². The van der Waals surface area contributed by atoms with Gasteiger partial charge in [0.25, 0.3) is 0 Å². The normalized spacial score (nSPS) is 20.9. The predicted octanol–water partition coefficient (Wildman–Crippen LogP) is 1.65. The molecule has 0 saturated carbocycles. The first-order chi connectivity index (χ1) is 9.08. The number of rotatable bonds is 2. The first-order valence-electron chi connectivity index (χ1n) is 6.69. The number of ketones is 1. The van der Waals surface area contributed by atoms with E-state index >= 15 is 0 Å². The van der Waals surface area contributed by atoms with Gasteiger partial charge in [-0.1, -0.05) is 12.1 Å². The Hall–Kier alpha value is -1.68. The van der Waals surface area contributed by atoms with Gasteiger partial charge in [0.2, 0.25) is 5.91 Å². The first-order valence-corrected chi connectivity index (χ1v) is 6.69. The third-order valence-electron chi connectivity index (χ3n) is 3.96.